The molecule has 4 nitrogen and oxygen atoms in total. The van der Waals surface area contributed by atoms with E-state index in [2.05, 4.69) is 24.5 Å². The highest BCUT2D eigenvalue weighted by molar-refractivity contribution is 5.77. The van der Waals surface area contributed by atoms with E-state index in [1.807, 2.05) is 26.0 Å². The molecule has 0 aliphatic heterocycles. The fourth-order valence-electron chi connectivity index (χ4n) is 1.85. The summed E-state index contributed by atoms with van der Waals surface area (Å²) in [6, 6.07) is 3.86. The van der Waals surface area contributed by atoms with Crippen LogP contribution in [0.15, 0.2) is 12.1 Å². The second kappa shape index (κ2) is 7.14. The van der Waals surface area contributed by atoms with Crippen LogP contribution in [0.5, 0.6) is 5.75 Å². The number of aromatic hydroxyl groups is 1. The molecule has 1 aromatic rings. The predicted molar refractivity (Wildman–Crippen MR) is 77.1 cm³/mol. The minimum atomic E-state index is 0.0147. The molecule has 0 saturated heterocycles. The smallest absolute Gasteiger partial charge is 0.233 e. The van der Waals surface area contributed by atoms with Gasteiger partial charge in [0, 0.05) is 13.1 Å². The third-order valence-corrected chi connectivity index (χ3v) is 2.87. The van der Waals surface area contributed by atoms with Gasteiger partial charge in [-0.1, -0.05) is 26.0 Å². The molecule has 1 rings (SSSR count). The normalized spacial score (nSPS) is 10.8. The standard InChI is InChI=1S/C15H24N2O2/c1-10(2)7-17-14(18)9-16-8-13-5-11(3)15(19)12(4)6-13/h5-6,10,16,19H,7-9H2,1-4H3,(H,17,18). The third kappa shape index (κ3) is 5.30. The van der Waals surface area contributed by atoms with E-state index in [9.17, 15) is 9.90 Å². The van der Waals surface area contributed by atoms with E-state index in [0.717, 1.165) is 16.7 Å². The highest BCUT2D eigenvalue weighted by atomic mass is 16.3. The zero-order valence-corrected chi connectivity index (χ0v) is 12.2. The highest BCUT2D eigenvalue weighted by Crippen LogP contribution is 2.22. The third-order valence-electron chi connectivity index (χ3n) is 2.87. The van der Waals surface area contributed by atoms with Crippen molar-refractivity contribution >= 4 is 5.91 Å². The molecule has 0 fully saturated rings. The molecule has 3 N–H and O–H groups in total. The van der Waals surface area contributed by atoms with Gasteiger partial charge in [-0.3, -0.25) is 4.79 Å². The van der Waals surface area contributed by atoms with Crippen molar-refractivity contribution in [1.29, 1.82) is 0 Å². The van der Waals surface area contributed by atoms with Gasteiger partial charge in [0.15, 0.2) is 0 Å². The Kier molecular flexibility index (Phi) is 5.83. The fraction of sp³-hybridized carbons (Fsp3) is 0.533. The maximum Gasteiger partial charge on any atom is 0.233 e. The van der Waals surface area contributed by atoms with E-state index in [-0.39, 0.29) is 5.91 Å². The van der Waals surface area contributed by atoms with Gasteiger partial charge in [0.2, 0.25) is 5.91 Å². The number of phenols is 1. The molecule has 0 aliphatic rings. The minimum Gasteiger partial charge on any atom is -0.507 e. The zero-order valence-electron chi connectivity index (χ0n) is 12.2. The van der Waals surface area contributed by atoms with Crippen molar-refractivity contribution in [3.63, 3.8) is 0 Å². The summed E-state index contributed by atoms with van der Waals surface area (Å²) in [5, 5.41) is 15.6. The number of rotatable bonds is 6. The van der Waals surface area contributed by atoms with Crippen LogP contribution in [-0.2, 0) is 11.3 Å². The van der Waals surface area contributed by atoms with Gasteiger partial charge in [-0.25, -0.2) is 0 Å². The molecule has 4 heteroatoms. The van der Waals surface area contributed by atoms with E-state index in [4.69, 9.17) is 0 Å². The van der Waals surface area contributed by atoms with Gasteiger partial charge in [0.05, 0.1) is 6.54 Å². The van der Waals surface area contributed by atoms with Crippen LogP contribution in [0, 0.1) is 19.8 Å². The summed E-state index contributed by atoms with van der Waals surface area (Å²) in [6.45, 7) is 9.52. The van der Waals surface area contributed by atoms with Crippen molar-refractivity contribution in [1.82, 2.24) is 10.6 Å². The maximum atomic E-state index is 11.5. The zero-order chi connectivity index (χ0) is 14.4. The maximum absolute atomic E-state index is 11.5. The Hall–Kier alpha value is -1.55. The molecule has 0 radical (unpaired) electrons. The fourth-order valence-corrected chi connectivity index (χ4v) is 1.85. The van der Waals surface area contributed by atoms with Crippen LogP contribution in [0.25, 0.3) is 0 Å². The predicted octanol–water partition coefficient (Wildman–Crippen LogP) is 1.87. The van der Waals surface area contributed by atoms with Crippen LogP contribution in [0.2, 0.25) is 0 Å². The summed E-state index contributed by atoms with van der Waals surface area (Å²) in [5.41, 5.74) is 2.80. The molecule has 0 saturated carbocycles. The lowest BCUT2D eigenvalue weighted by Crippen LogP contribution is -2.35. The van der Waals surface area contributed by atoms with Crippen molar-refractivity contribution < 1.29 is 9.90 Å². The van der Waals surface area contributed by atoms with E-state index >= 15 is 0 Å². The average molecular weight is 264 g/mol. The number of aryl methyl sites for hydroxylation is 2. The van der Waals surface area contributed by atoms with Crippen LogP contribution in [0.3, 0.4) is 0 Å². The van der Waals surface area contributed by atoms with Gasteiger partial charge in [0.1, 0.15) is 5.75 Å². The first-order valence-electron chi connectivity index (χ1n) is 6.66. The van der Waals surface area contributed by atoms with Crippen LogP contribution in [0.4, 0.5) is 0 Å². The first-order valence-corrected chi connectivity index (χ1v) is 6.66. The number of hydrogen-bond acceptors (Lipinski definition) is 3. The van der Waals surface area contributed by atoms with E-state index < -0.39 is 0 Å². The number of phenolic OH excluding ortho intramolecular Hbond substituents is 1. The molecule has 19 heavy (non-hydrogen) atoms. The van der Waals surface area contributed by atoms with E-state index in [1.165, 1.54) is 0 Å². The SMILES string of the molecule is Cc1cc(CNCC(=O)NCC(C)C)cc(C)c1O. The van der Waals surface area contributed by atoms with Crippen molar-refractivity contribution in [3.05, 3.63) is 28.8 Å². The van der Waals surface area contributed by atoms with Crippen LogP contribution in [-0.4, -0.2) is 24.1 Å². The largest absolute Gasteiger partial charge is 0.507 e. The lowest BCUT2D eigenvalue weighted by Gasteiger charge is -2.10. The number of carbonyl (C=O) groups excluding carboxylic acids is 1. The highest BCUT2D eigenvalue weighted by Gasteiger charge is 2.05. The molecule has 1 aromatic carbocycles. The van der Waals surface area contributed by atoms with Crippen molar-refractivity contribution in [2.24, 2.45) is 5.92 Å². The molecule has 0 aliphatic carbocycles. The average Bonchev–Trinajstić information content (AvgIpc) is 2.33. The first kappa shape index (κ1) is 15.5. The van der Waals surface area contributed by atoms with Crippen molar-refractivity contribution in [2.75, 3.05) is 13.1 Å². The molecule has 0 bridgehead atoms. The van der Waals surface area contributed by atoms with Crippen LogP contribution in [0.1, 0.15) is 30.5 Å². The molecule has 106 valence electrons. The van der Waals surface area contributed by atoms with E-state index in [1.54, 1.807) is 0 Å². The topological polar surface area (TPSA) is 61.4 Å². The Morgan fingerprint density at radius 3 is 2.37 bits per heavy atom. The Morgan fingerprint density at radius 1 is 1.26 bits per heavy atom. The molecule has 0 unspecified atom stereocenters. The van der Waals surface area contributed by atoms with Gasteiger partial charge in [-0.05, 0) is 36.5 Å². The summed E-state index contributed by atoms with van der Waals surface area (Å²) in [4.78, 5) is 11.5. The summed E-state index contributed by atoms with van der Waals surface area (Å²) in [6.07, 6.45) is 0. The molecule has 0 aromatic heterocycles. The lowest BCUT2D eigenvalue weighted by atomic mass is 10.1. The summed E-state index contributed by atoms with van der Waals surface area (Å²) in [5.74, 6) is 0.825. The van der Waals surface area contributed by atoms with Crippen LogP contribution < -0.4 is 10.6 Å². The van der Waals surface area contributed by atoms with Gasteiger partial charge in [-0.2, -0.15) is 0 Å². The van der Waals surface area contributed by atoms with Gasteiger partial charge in [0.25, 0.3) is 0 Å². The summed E-state index contributed by atoms with van der Waals surface area (Å²) in [7, 11) is 0. The van der Waals surface area contributed by atoms with E-state index in [0.29, 0.717) is 31.3 Å². The second-order valence-electron chi connectivity index (χ2n) is 5.38. The quantitative estimate of drug-likeness (QED) is 0.735. The molecule has 1 amide bonds. The Balaban J connectivity index is 2.39. The molecule has 0 spiro atoms. The van der Waals surface area contributed by atoms with Gasteiger partial charge >= 0.3 is 0 Å². The Morgan fingerprint density at radius 2 is 1.84 bits per heavy atom. The number of amides is 1. The Labute approximate surface area is 115 Å². The number of benzene rings is 1. The molecular weight excluding hydrogens is 240 g/mol. The minimum absolute atomic E-state index is 0.0147. The number of nitrogens with one attached hydrogen (secondary N) is 2. The van der Waals surface area contributed by atoms with Gasteiger partial charge in [-0.15, -0.1) is 0 Å². The van der Waals surface area contributed by atoms with Gasteiger partial charge < -0.3 is 15.7 Å². The number of carbonyl (C=O) groups is 1. The monoisotopic (exact) mass is 264 g/mol. The first-order chi connectivity index (χ1) is 8.90. The molecule has 0 atom stereocenters. The van der Waals surface area contributed by atoms with Crippen molar-refractivity contribution in [2.45, 2.75) is 34.2 Å². The number of hydrogen-bond donors (Lipinski definition) is 3. The summed E-state index contributed by atoms with van der Waals surface area (Å²) < 4.78 is 0. The summed E-state index contributed by atoms with van der Waals surface area (Å²) >= 11 is 0. The van der Waals surface area contributed by atoms with Crippen molar-refractivity contribution in [3.8, 4) is 5.75 Å². The Bertz CT molecular complexity index is 419. The molecule has 0 heterocycles. The lowest BCUT2D eigenvalue weighted by molar-refractivity contribution is -0.120. The second-order valence-corrected chi connectivity index (χ2v) is 5.38. The van der Waals surface area contributed by atoms with Crippen LogP contribution >= 0.6 is 0 Å². The molecular formula is C15H24N2O2.